The summed E-state index contributed by atoms with van der Waals surface area (Å²) in [7, 11) is 0. The van der Waals surface area contributed by atoms with Crippen molar-refractivity contribution in [3.05, 3.63) is 12.2 Å². The number of esters is 2. The van der Waals surface area contributed by atoms with Crippen LogP contribution in [0.25, 0.3) is 0 Å². The average Bonchev–Trinajstić information content (AvgIpc) is 3.45. The van der Waals surface area contributed by atoms with Crippen LogP contribution in [0.5, 0.6) is 0 Å². The van der Waals surface area contributed by atoms with Gasteiger partial charge in [0.1, 0.15) is 13.2 Å². The molecule has 1 heterocycles. The fraction of sp³-hybridized carbons (Fsp3) is 0.939. The van der Waals surface area contributed by atoms with Crippen molar-refractivity contribution in [2.24, 2.45) is 11.3 Å². The second-order valence-electron chi connectivity index (χ2n) is 23.5. The van der Waals surface area contributed by atoms with Crippen molar-refractivity contribution in [1.82, 2.24) is 0 Å². The number of aliphatic hydroxyl groups excluding tert-OH is 2. The highest BCUT2D eigenvalue weighted by Crippen LogP contribution is 2.25. The lowest BCUT2D eigenvalue weighted by atomic mass is 9.92. The first-order chi connectivity index (χ1) is 35.6. The van der Waals surface area contributed by atoms with Gasteiger partial charge in [-0.05, 0) is 32.1 Å². The van der Waals surface area contributed by atoms with Gasteiger partial charge in [-0.25, -0.2) is 0 Å². The molecule has 0 spiro atoms. The largest absolute Gasteiger partial charge is 0.465 e. The lowest BCUT2D eigenvalue weighted by molar-refractivity contribution is -0.155. The van der Waals surface area contributed by atoms with Gasteiger partial charge in [0.2, 0.25) is 0 Å². The van der Waals surface area contributed by atoms with Gasteiger partial charge in [-0.1, -0.05) is 334 Å². The van der Waals surface area contributed by atoms with E-state index in [0.29, 0.717) is 6.42 Å². The zero-order valence-corrected chi connectivity index (χ0v) is 48.5. The van der Waals surface area contributed by atoms with Crippen LogP contribution in [0.3, 0.4) is 0 Å². The molecular weight excluding hydrogens is 889 g/mol. The molecule has 426 valence electrons. The summed E-state index contributed by atoms with van der Waals surface area (Å²) in [6, 6.07) is 0. The molecule has 0 radical (unpaired) electrons. The standard InChI is InChI=1S/C66H126O6/c1-2-3-4-5-6-7-8-9-10-11-12-13-14-15-16-17-18-19-20-21-22-23-24-25-26-27-28-29-30-31-32-33-34-35-36-37-38-39-40-41-42-43-44-45-46-47-48-49-50-51-52-53-54-55-56-57-63-58-64(69)71-61-66(59-67,60-68)62-72-65(63)70/h11-12,63,67-68H,2-10,13-62H2,1H3/b12-11+. The van der Waals surface area contributed by atoms with E-state index >= 15 is 0 Å². The van der Waals surface area contributed by atoms with Crippen LogP contribution in [0.1, 0.15) is 360 Å². The zero-order valence-electron chi connectivity index (χ0n) is 48.5. The Labute approximate surface area is 449 Å². The smallest absolute Gasteiger partial charge is 0.309 e. The summed E-state index contributed by atoms with van der Waals surface area (Å²) in [5.41, 5.74) is -1.12. The fourth-order valence-electron chi connectivity index (χ4n) is 10.9. The zero-order chi connectivity index (χ0) is 51.8. The highest BCUT2D eigenvalue weighted by atomic mass is 16.6. The van der Waals surface area contributed by atoms with Crippen LogP contribution >= 0.6 is 0 Å². The normalized spacial score (nSPS) is 15.2. The molecule has 72 heavy (non-hydrogen) atoms. The van der Waals surface area contributed by atoms with Crippen molar-refractivity contribution in [3.63, 3.8) is 0 Å². The molecular formula is C66H126O6. The molecule has 0 aromatic carbocycles. The van der Waals surface area contributed by atoms with E-state index in [1.54, 1.807) is 0 Å². The van der Waals surface area contributed by atoms with Crippen LogP contribution in [0.15, 0.2) is 12.2 Å². The molecule has 6 heteroatoms. The van der Waals surface area contributed by atoms with E-state index < -0.39 is 36.5 Å². The number of unbranched alkanes of at least 4 members (excludes halogenated alkanes) is 51. The number of cyclic esters (lactones) is 2. The highest BCUT2D eigenvalue weighted by molar-refractivity contribution is 5.80. The summed E-state index contributed by atoms with van der Waals surface area (Å²) >= 11 is 0. The average molecular weight is 1020 g/mol. The SMILES string of the molecule is CCCCCCCCCC/C=C/CCCCCCCCCCCCCCCCCCCCCCCCCCCCCCCCCCCCCCCCCCCCCC1CC(=O)OCC(CO)(CO)COC1=O. The van der Waals surface area contributed by atoms with Crippen molar-refractivity contribution < 1.29 is 29.3 Å². The molecule has 0 saturated carbocycles. The van der Waals surface area contributed by atoms with Crippen LogP contribution in [-0.2, 0) is 19.1 Å². The van der Waals surface area contributed by atoms with E-state index in [1.165, 1.54) is 321 Å². The Hall–Kier alpha value is -1.40. The lowest BCUT2D eigenvalue weighted by Crippen LogP contribution is -2.40. The van der Waals surface area contributed by atoms with E-state index in [0.717, 1.165) is 19.3 Å². The van der Waals surface area contributed by atoms with E-state index in [9.17, 15) is 19.8 Å². The van der Waals surface area contributed by atoms with E-state index in [-0.39, 0.29) is 19.6 Å². The van der Waals surface area contributed by atoms with Gasteiger partial charge in [-0.2, -0.15) is 0 Å². The second kappa shape index (κ2) is 55.8. The number of carbonyl (C=O) groups excluding carboxylic acids is 2. The van der Waals surface area contributed by atoms with Crippen molar-refractivity contribution in [1.29, 1.82) is 0 Å². The van der Waals surface area contributed by atoms with E-state index in [4.69, 9.17) is 9.47 Å². The maximum Gasteiger partial charge on any atom is 0.309 e. The Balaban J connectivity index is 1.67. The van der Waals surface area contributed by atoms with Crippen LogP contribution in [0, 0.1) is 11.3 Å². The van der Waals surface area contributed by atoms with Gasteiger partial charge < -0.3 is 19.7 Å². The maximum absolute atomic E-state index is 12.5. The van der Waals surface area contributed by atoms with Gasteiger partial charge in [0, 0.05) is 0 Å². The molecule has 1 aliphatic rings. The molecule has 0 bridgehead atoms. The predicted molar refractivity (Wildman–Crippen MR) is 311 cm³/mol. The summed E-state index contributed by atoms with van der Waals surface area (Å²) in [5.74, 6) is -1.40. The van der Waals surface area contributed by atoms with Crippen molar-refractivity contribution in [2.45, 2.75) is 360 Å². The minimum absolute atomic E-state index is 0.00516. The van der Waals surface area contributed by atoms with Crippen molar-refractivity contribution >= 4 is 11.9 Å². The van der Waals surface area contributed by atoms with Gasteiger partial charge in [-0.15, -0.1) is 0 Å². The first kappa shape index (κ1) is 68.6. The number of hydrogen-bond donors (Lipinski definition) is 2. The molecule has 0 amide bonds. The second-order valence-corrected chi connectivity index (χ2v) is 23.5. The Morgan fingerprint density at radius 2 is 0.597 bits per heavy atom. The number of allylic oxidation sites excluding steroid dienone is 2. The molecule has 6 nitrogen and oxygen atoms in total. The first-order valence-electron chi connectivity index (χ1n) is 32.8. The number of ether oxygens (including phenoxy) is 2. The van der Waals surface area contributed by atoms with Gasteiger partial charge in [-0.3, -0.25) is 9.59 Å². The van der Waals surface area contributed by atoms with Crippen LogP contribution in [0.2, 0.25) is 0 Å². The molecule has 1 saturated heterocycles. The van der Waals surface area contributed by atoms with Gasteiger partial charge in [0.15, 0.2) is 0 Å². The molecule has 1 fully saturated rings. The lowest BCUT2D eigenvalue weighted by Gasteiger charge is -2.27. The molecule has 1 aliphatic heterocycles. The summed E-state index contributed by atoms with van der Waals surface area (Å²) in [5, 5.41) is 19.2. The summed E-state index contributed by atoms with van der Waals surface area (Å²) in [4.78, 5) is 24.7. The van der Waals surface area contributed by atoms with Gasteiger partial charge in [0.05, 0.1) is 31.0 Å². The highest BCUT2D eigenvalue weighted by Gasteiger charge is 2.36. The molecule has 2 N–H and O–H groups in total. The monoisotopic (exact) mass is 1010 g/mol. The fourth-order valence-corrected chi connectivity index (χ4v) is 10.9. The maximum atomic E-state index is 12.5. The van der Waals surface area contributed by atoms with Gasteiger partial charge >= 0.3 is 11.9 Å². The summed E-state index contributed by atoms with van der Waals surface area (Å²) in [6.07, 6.45) is 80.1. The first-order valence-corrected chi connectivity index (χ1v) is 32.8. The minimum Gasteiger partial charge on any atom is -0.465 e. The molecule has 1 unspecified atom stereocenters. The number of rotatable bonds is 57. The predicted octanol–water partition coefficient (Wildman–Crippen LogP) is 20.7. The Morgan fingerprint density at radius 3 is 0.861 bits per heavy atom. The molecule has 1 atom stereocenters. The van der Waals surface area contributed by atoms with E-state index in [2.05, 4.69) is 19.1 Å². The number of aliphatic hydroxyl groups is 2. The topological polar surface area (TPSA) is 93.1 Å². The molecule has 0 aromatic heterocycles. The summed E-state index contributed by atoms with van der Waals surface area (Å²) in [6.45, 7) is 1.21. The third-order valence-corrected chi connectivity index (χ3v) is 16.3. The van der Waals surface area contributed by atoms with Gasteiger partial charge in [0.25, 0.3) is 0 Å². The molecule has 0 aliphatic carbocycles. The van der Waals surface area contributed by atoms with E-state index in [1.807, 2.05) is 0 Å². The molecule has 1 rings (SSSR count). The Morgan fingerprint density at radius 1 is 0.361 bits per heavy atom. The Kier molecular flexibility index (Phi) is 53.2. The number of carbonyl (C=O) groups is 2. The third kappa shape index (κ3) is 47.1. The van der Waals surface area contributed by atoms with Crippen LogP contribution < -0.4 is 0 Å². The number of hydrogen-bond acceptors (Lipinski definition) is 6. The summed E-state index contributed by atoms with van der Waals surface area (Å²) < 4.78 is 10.6. The van der Waals surface area contributed by atoms with Crippen LogP contribution in [-0.4, -0.2) is 48.6 Å². The quantitative estimate of drug-likeness (QED) is 0.0358. The van der Waals surface area contributed by atoms with Crippen molar-refractivity contribution in [3.8, 4) is 0 Å². The van der Waals surface area contributed by atoms with Crippen LogP contribution in [0.4, 0.5) is 0 Å². The Bertz CT molecular complexity index is 1130. The van der Waals surface area contributed by atoms with Crippen molar-refractivity contribution in [2.75, 3.05) is 26.4 Å². The third-order valence-electron chi connectivity index (χ3n) is 16.3. The minimum atomic E-state index is -1.12. The molecule has 0 aromatic rings.